The fraction of sp³-hybridized carbons (Fsp3) is 0.588. The van der Waals surface area contributed by atoms with Crippen molar-refractivity contribution in [3.8, 4) is 0 Å². The Balaban J connectivity index is 1.57. The number of halogens is 2. The number of carbonyl (C=O) groups is 1. The monoisotopic (exact) mass is 324 g/mol. The summed E-state index contributed by atoms with van der Waals surface area (Å²) in [5, 5.41) is 3.63. The van der Waals surface area contributed by atoms with E-state index in [0.29, 0.717) is 17.1 Å². The molecule has 0 spiro atoms. The first kappa shape index (κ1) is 15.8. The lowest BCUT2D eigenvalue weighted by Gasteiger charge is -2.35. The summed E-state index contributed by atoms with van der Waals surface area (Å²) in [5.74, 6) is 0.159. The molecule has 1 aliphatic heterocycles. The summed E-state index contributed by atoms with van der Waals surface area (Å²) >= 11 is 6.10. The number of nitrogens with zero attached hydrogens (tertiary/aromatic N) is 1. The van der Waals surface area contributed by atoms with Crippen molar-refractivity contribution in [2.24, 2.45) is 5.92 Å². The van der Waals surface area contributed by atoms with E-state index in [9.17, 15) is 9.18 Å². The molecule has 1 saturated heterocycles. The summed E-state index contributed by atoms with van der Waals surface area (Å²) < 4.78 is 13.9. The SMILES string of the molecule is O=C(NC1CCCN(Cc2c(F)cccc2Cl)C1)C1CCC1. The van der Waals surface area contributed by atoms with Gasteiger partial charge in [-0.2, -0.15) is 0 Å². The molecule has 2 fully saturated rings. The van der Waals surface area contributed by atoms with Crippen molar-refractivity contribution >= 4 is 17.5 Å². The molecule has 1 amide bonds. The second kappa shape index (κ2) is 6.97. The zero-order chi connectivity index (χ0) is 15.5. The fourth-order valence-electron chi connectivity index (χ4n) is 3.21. The summed E-state index contributed by atoms with van der Waals surface area (Å²) in [6, 6.07) is 4.96. The molecule has 0 bridgehead atoms. The smallest absolute Gasteiger partial charge is 0.223 e. The predicted octanol–water partition coefficient (Wildman–Crippen LogP) is 3.36. The lowest BCUT2D eigenvalue weighted by Crippen LogP contribution is -2.49. The molecule has 0 radical (unpaired) electrons. The number of carbonyl (C=O) groups excluding carboxylic acids is 1. The van der Waals surface area contributed by atoms with Crippen LogP contribution in [0.25, 0.3) is 0 Å². The van der Waals surface area contributed by atoms with Gasteiger partial charge in [-0.15, -0.1) is 0 Å². The van der Waals surface area contributed by atoms with E-state index in [0.717, 1.165) is 38.8 Å². The van der Waals surface area contributed by atoms with Gasteiger partial charge in [0.2, 0.25) is 5.91 Å². The van der Waals surface area contributed by atoms with E-state index in [1.807, 2.05) is 0 Å². The molecular formula is C17H22ClFN2O. The Morgan fingerprint density at radius 1 is 1.32 bits per heavy atom. The molecule has 1 N–H and O–H groups in total. The van der Waals surface area contributed by atoms with Crippen molar-refractivity contribution in [3.63, 3.8) is 0 Å². The van der Waals surface area contributed by atoms with Crippen molar-refractivity contribution in [2.75, 3.05) is 13.1 Å². The molecule has 3 nitrogen and oxygen atoms in total. The van der Waals surface area contributed by atoms with Gasteiger partial charge in [-0.3, -0.25) is 9.69 Å². The molecule has 5 heteroatoms. The first-order valence-electron chi connectivity index (χ1n) is 8.09. The van der Waals surface area contributed by atoms with Gasteiger partial charge in [-0.05, 0) is 44.4 Å². The van der Waals surface area contributed by atoms with Crippen LogP contribution in [-0.4, -0.2) is 29.9 Å². The van der Waals surface area contributed by atoms with Gasteiger partial charge < -0.3 is 5.32 Å². The average molecular weight is 325 g/mol. The van der Waals surface area contributed by atoms with E-state index >= 15 is 0 Å². The summed E-state index contributed by atoms with van der Waals surface area (Å²) in [6.45, 7) is 2.19. The molecule has 1 aliphatic carbocycles. The highest BCUT2D eigenvalue weighted by atomic mass is 35.5. The van der Waals surface area contributed by atoms with Crippen LogP contribution in [0, 0.1) is 11.7 Å². The Morgan fingerprint density at radius 2 is 2.14 bits per heavy atom. The third kappa shape index (κ3) is 3.61. The topological polar surface area (TPSA) is 32.3 Å². The highest BCUT2D eigenvalue weighted by molar-refractivity contribution is 6.31. The molecule has 3 rings (SSSR count). The standard InChI is InChI=1S/C17H22ClFN2O/c18-15-7-2-8-16(19)14(15)11-21-9-3-6-13(10-21)20-17(22)12-4-1-5-12/h2,7-8,12-13H,1,3-6,9-11H2,(H,20,22). The number of piperidine rings is 1. The molecule has 1 saturated carbocycles. The van der Waals surface area contributed by atoms with Crippen molar-refractivity contribution in [3.05, 3.63) is 34.6 Å². The van der Waals surface area contributed by atoms with Crippen molar-refractivity contribution in [1.82, 2.24) is 10.2 Å². The molecule has 22 heavy (non-hydrogen) atoms. The minimum Gasteiger partial charge on any atom is -0.352 e. The third-order valence-electron chi connectivity index (χ3n) is 4.77. The summed E-state index contributed by atoms with van der Waals surface area (Å²) in [4.78, 5) is 14.2. The Kier molecular flexibility index (Phi) is 4.99. The van der Waals surface area contributed by atoms with Crippen LogP contribution < -0.4 is 5.32 Å². The zero-order valence-electron chi connectivity index (χ0n) is 12.7. The minimum absolute atomic E-state index is 0.174. The first-order chi connectivity index (χ1) is 10.6. The van der Waals surface area contributed by atoms with Gasteiger partial charge in [0.05, 0.1) is 0 Å². The van der Waals surface area contributed by atoms with Gasteiger partial charge in [0.15, 0.2) is 0 Å². The van der Waals surface area contributed by atoms with Crippen LogP contribution in [0.3, 0.4) is 0 Å². The third-order valence-corrected chi connectivity index (χ3v) is 5.13. The van der Waals surface area contributed by atoms with Crippen LogP contribution >= 0.6 is 11.6 Å². The van der Waals surface area contributed by atoms with Crippen molar-refractivity contribution in [1.29, 1.82) is 0 Å². The Bertz CT molecular complexity index is 527. The number of hydrogen-bond acceptors (Lipinski definition) is 2. The molecule has 1 atom stereocenters. The molecule has 0 aromatic heterocycles. The Hall–Kier alpha value is -1.13. The average Bonchev–Trinajstić information content (AvgIpc) is 2.41. The molecule has 1 unspecified atom stereocenters. The zero-order valence-corrected chi connectivity index (χ0v) is 13.4. The lowest BCUT2D eigenvalue weighted by atomic mass is 9.84. The molecular weight excluding hydrogens is 303 g/mol. The van der Waals surface area contributed by atoms with E-state index < -0.39 is 0 Å². The molecule has 120 valence electrons. The summed E-state index contributed by atoms with van der Waals surface area (Å²) in [5.41, 5.74) is 0.551. The van der Waals surface area contributed by atoms with Gasteiger partial charge in [0, 0.05) is 35.6 Å². The molecule has 2 aliphatic rings. The number of nitrogens with one attached hydrogen (secondary N) is 1. The summed E-state index contributed by atoms with van der Waals surface area (Å²) in [7, 11) is 0. The van der Waals surface area contributed by atoms with Crippen LogP contribution in [0.2, 0.25) is 5.02 Å². The van der Waals surface area contributed by atoms with Gasteiger partial charge >= 0.3 is 0 Å². The number of amides is 1. The van der Waals surface area contributed by atoms with E-state index in [-0.39, 0.29) is 23.7 Å². The van der Waals surface area contributed by atoms with Crippen LogP contribution in [0.5, 0.6) is 0 Å². The number of benzene rings is 1. The minimum atomic E-state index is -0.256. The maximum absolute atomic E-state index is 13.9. The number of likely N-dealkylation sites (tertiary alicyclic amines) is 1. The van der Waals surface area contributed by atoms with Crippen LogP contribution in [-0.2, 0) is 11.3 Å². The van der Waals surface area contributed by atoms with Gasteiger partial charge in [0.25, 0.3) is 0 Å². The van der Waals surface area contributed by atoms with Crippen molar-refractivity contribution < 1.29 is 9.18 Å². The summed E-state index contributed by atoms with van der Waals surface area (Å²) in [6.07, 6.45) is 5.22. The second-order valence-corrected chi connectivity index (χ2v) is 6.82. The van der Waals surface area contributed by atoms with Crippen LogP contribution in [0.1, 0.15) is 37.7 Å². The van der Waals surface area contributed by atoms with Gasteiger partial charge in [0.1, 0.15) is 5.82 Å². The number of hydrogen-bond donors (Lipinski definition) is 1. The van der Waals surface area contributed by atoms with Gasteiger partial charge in [-0.1, -0.05) is 24.1 Å². The first-order valence-corrected chi connectivity index (χ1v) is 8.47. The highest BCUT2D eigenvalue weighted by Gasteiger charge is 2.29. The normalized spacial score (nSPS) is 23.1. The molecule has 1 aromatic carbocycles. The Labute approximate surface area is 135 Å². The van der Waals surface area contributed by atoms with Gasteiger partial charge in [-0.25, -0.2) is 4.39 Å². The molecule has 1 heterocycles. The molecule has 1 aromatic rings. The van der Waals surface area contributed by atoms with E-state index in [4.69, 9.17) is 11.6 Å². The van der Waals surface area contributed by atoms with E-state index in [1.165, 1.54) is 12.5 Å². The van der Waals surface area contributed by atoms with E-state index in [2.05, 4.69) is 10.2 Å². The van der Waals surface area contributed by atoms with Crippen molar-refractivity contribution in [2.45, 2.75) is 44.7 Å². The second-order valence-electron chi connectivity index (χ2n) is 6.41. The maximum atomic E-state index is 13.9. The van der Waals surface area contributed by atoms with E-state index in [1.54, 1.807) is 12.1 Å². The predicted molar refractivity (Wildman–Crippen MR) is 85.2 cm³/mol. The fourth-order valence-corrected chi connectivity index (χ4v) is 3.44. The highest BCUT2D eigenvalue weighted by Crippen LogP contribution is 2.27. The largest absolute Gasteiger partial charge is 0.352 e. The lowest BCUT2D eigenvalue weighted by molar-refractivity contribution is -0.128. The van der Waals surface area contributed by atoms with Crippen LogP contribution in [0.4, 0.5) is 4.39 Å². The quantitative estimate of drug-likeness (QED) is 0.921. The van der Waals surface area contributed by atoms with Crippen LogP contribution in [0.15, 0.2) is 18.2 Å². The number of rotatable bonds is 4. The maximum Gasteiger partial charge on any atom is 0.223 e. The Morgan fingerprint density at radius 3 is 2.82 bits per heavy atom.